The van der Waals surface area contributed by atoms with Crippen molar-refractivity contribution in [3.8, 4) is 22.2 Å². The summed E-state index contributed by atoms with van der Waals surface area (Å²) >= 11 is 1.58. The standard InChI is InChI=1S/C18H19N3O4S2/c1-13-12-14(5-7-16(13)24-2)27(22,23)19-9-10-25-18-8-6-15(20-21-18)17-4-3-11-26-17/h3-8,11-12,19H,9-10H2,1-2H3. The molecule has 7 nitrogen and oxygen atoms in total. The Kier molecular flexibility index (Phi) is 6.04. The Balaban J connectivity index is 1.52. The summed E-state index contributed by atoms with van der Waals surface area (Å²) in [5, 5.41) is 10.1. The maximum absolute atomic E-state index is 12.3. The van der Waals surface area contributed by atoms with Crippen molar-refractivity contribution < 1.29 is 17.9 Å². The first kappa shape index (κ1) is 19.3. The highest BCUT2D eigenvalue weighted by atomic mass is 32.2. The van der Waals surface area contributed by atoms with Gasteiger partial charge in [0.25, 0.3) is 0 Å². The molecule has 27 heavy (non-hydrogen) atoms. The fourth-order valence-electron chi connectivity index (χ4n) is 2.39. The second kappa shape index (κ2) is 8.47. The number of sulfonamides is 1. The van der Waals surface area contributed by atoms with Gasteiger partial charge in [-0.2, -0.15) is 0 Å². The lowest BCUT2D eigenvalue weighted by atomic mass is 10.2. The van der Waals surface area contributed by atoms with Crippen LogP contribution in [0, 0.1) is 6.92 Å². The van der Waals surface area contributed by atoms with E-state index in [9.17, 15) is 8.42 Å². The SMILES string of the molecule is COc1ccc(S(=O)(=O)NCCOc2ccc(-c3cccs3)nn2)cc1C. The van der Waals surface area contributed by atoms with E-state index in [0.717, 1.165) is 16.1 Å². The van der Waals surface area contributed by atoms with Crippen molar-refractivity contribution >= 4 is 21.4 Å². The predicted molar refractivity (Wildman–Crippen MR) is 104 cm³/mol. The van der Waals surface area contributed by atoms with E-state index >= 15 is 0 Å². The smallest absolute Gasteiger partial charge is 0.240 e. The monoisotopic (exact) mass is 405 g/mol. The van der Waals surface area contributed by atoms with Crippen molar-refractivity contribution in [2.45, 2.75) is 11.8 Å². The molecule has 0 atom stereocenters. The topological polar surface area (TPSA) is 90.4 Å². The Bertz CT molecular complexity index is 988. The molecule has 0 fully saturated rings. The summed E-state index contributed by atoms with van der Waals surface area (Å²) in [7, 11) is -2.08. The number of hydrogen-bond donors (Lipinski definition) is 1. The van der Waals surface area contributed by atoms with E-state index in [4.69, 9.17) is 9.47 Å². The Morgan fingerprint density at radius 1 is 1.15 bits per heavy atom. The van der Waals surface area contributed by atoms with Crippen molar-refractivity contribution in [3.05, 3.63) is 53.4 Å². The van der Waals surface area contributed by atoms with Crippen LogP contribution in [-0.2, 0) is 10.0 Å². The van der Waals surface area contributed by atoms with Crippen LogP contribution in [0.3, 0.4) is 0 Å². The Morgan fingerprint density at radius 2 is 2.00 bits per heavy atom. The molecular weight excluding hydrogens is 386 g/mol. The number of nitrogens with one attached hydrogen (secondary N) is 1. The molecule has 0 aliphatic heterocycles. The van der Waals surface area contributed by atoms with Gasteiger partial charge < -0.3 is 9.47 Å². The van der Waals surface area contributed by atoms with Crippen LogP contribution in [0.1, 0.15) is 5.56 Å². The van der Waals surface area contributed by atoms with Gasteiger partial charge in [0.05, 0.1) is 16.9 Å². The van der Waals surface area contributed by atoms with Crippen molar-refractivity contribution in [1.82, 2.24) is 14.9 Å². The fraction of sp³-hybridized carbons (Fsp3) is 0.222. The lowest BCUT2D eigenvalue weighted by molar-refractivity contribution is 0.307. The van der Waals surface area contributed by atoms with Crippen LogP contribution in [0.25, 0.3) is 10.6 Å². The van der Waals surface area contributed by atoms with Gasteiger partial charge in [0.2, 0.25) is 15.9 Å². The highest BCUT2D eigenvalue weighted by Gasteiger charge is 2.15. The van der Waals surface area contributed by atoms with Crippen LogP contribution in [0.15, 0.2) is 52.7 Å². The third kappa shape index (κ3) is 4.82. The molecule has 3 rings (SSSR count). The molecule has 142 valence electrons. The Hall–Kier alpha value is -2.49. The molecule has 0 amide bonds. The molecule has 0 aliphatic carbocycles. The van der Waals surface area contributed by atoms with E-state index in [1.807, 2.05) is 23.6 Å². The van der Waals surface area contributed by atoms with Gasteiger partial charge in [-0.3, -0.25) is 0 Å². The van der Waals surface area contributed by atoms with E-state index in [2.05, 4.69) is 14.9 Å². The summed E-state index contributed by atoms with van der Waals surface area (Å²) in [5.41, 5.74) is 1.52. The third-order valence-electron chi connectivity index (χ3n) is 3.73. The quantitative estimate of drug-likeness (QED) is 0.580. The molecule has 2 heterocycles. The molecule has 0 saturated heterocycles. The number of methoxy groups -OCH3 is 1. The zero-order valence-electron chi connectivity index (χ0n) is 14.9. The molecule has 0 aliphatic rings. The molecule has 2 aromatic heterocycles. The molecule has 1 N–H and O–H groups in total. The van der Waals surface area contributed by atoms with E-state index in [1.165, 1.54) is 6.07 Å². The number of ether oxygens (including phenoxy) is 2. The Morgan fingerprint density at radius 3 is 2.63 bits per heavy atom. The largest absolute Gasteiger partial charge is 0.496 e. The fourth-order valence-corrected chi connectivity index (χ4v) is 4.17. The maximum Gasteiger partial charge on any atom is 0.240 e. The first-order valence-electron chi connectivity index (χ1n) is 8.14. The molecule has 3 aromatic rings. The van der Waals surface area contributed by atoms with Crippen molar-refractivity contribution in [3.63, 3.8) is 0 Å². The maximum atomic E-state index is 12.3. The highest BCUT2D eigenvalue weighted by molar-refractivity contribution is 7.89. The molecular formula is C18H19N3O4S2. The first-order chi connectivity index (χ1) is 13.0. The summed E-state index contributed by atoms with van der Waals surface area (Å²) < 4.78 is 37.8. The lowest BCUT2D eigenvalue weighted by Gasteiger charge is -2.10. The predicted octanol–water partition coefficient (Wildman–Crippen LogP) is 2.88. The number of hydrogen-bond acceptors (Lipinski definition) is 7. The van der Waals surface area contributed by atoms with Gasteiger partial charge in [0.15, 0.2) is 0 Å². The third-order valence-corrected chi connectivity index (χ3v) is 6.09. The van der Waals surface area contributed by atoms with Gasteiger partial charge in [-0.1, -0.05) is 6.07 Å². The summed E-state index contributed by atoms with van der Waals surface area (Å²) in [4.78, 5) is 1.21. The average molecular weight is 406 g/mol. The minimum absolute atomic E-state index is 0.113. The first-order valence-corrected chi connectivity index (χ1v) is 10.5. The van der Waals surface area contributed by atoms with E-state index in [0.29, 0.717) is 11.6 Å². The molecule has 0 spiro atoms. The lowest BCUT2D eigenvalue weighted by Crippen LogP contribution is -2.28. The number of aromatic nitrogens is 2. The number of nitrogens with zero attached hydrogens (tertiary/aromatic N) is 2. The van der Waals surface area contributed by atoms with Crippen LogP contribution in [0.4, 0.5) is 0 Å². The summed E-state index contributed by atoms with van der Waals surface area (Å²) in [5.74, 6) is 0.983. The summed E-state index contributed by atoms with van der Waals surface area (Å²) in [6.07, 6.45) is 0. The minimum Gasteiger partial charge on any atom is -0.496 e. The molecule has 1 aromatic carbocycles. The summed E-state index contributed by atoms with van der Waals surface area (Å²) in [6, 6.07) is 12.1. The van der Waals surface area contributed by atoms with Gasteiger partial charge in [-0.15, -0.1) is 21.5 Å². The Labute approximate surface area is 162 Å². The number of aryl methyl sites for hydroxylation is 1. The average Bonchev–Trinajstić information content (AvgIpc) is 3.20. The molecule has 0 saturated carbocycles. The zero-order valence-corrected chi connectivity index (χ0v) is 16.5. The normalized spacial score (nSPS) is 11.3. The van der Waals surface area contributed by atoms with E-state index in [-0.39, 0.29) is 18.0 Å². The van der Waals surface area contributed by atoms with Crippen molar-refractivity contribution in [1.29, 1.82) is 0 Å². The second-order valence-electron chi connectivity index (χ2n) is 5.61. The molecule has 0 unspecified atom stereocenters. The number of thiophene rings is 1. The van der Waals surface area contributed by atoms with Crippen LogP contribution >= 0.6 is 11.3 Å². The van der Waals surface area contributed by atoms with E-state index < -0.39 is 10.0 Å². The highest BCUT2D eigenvalue weighted by Crippen LogP contribution is 2.23. The number of rotatable bonds is 8. The van der Waals surface area contributed by atoms with Crippen LogP contribution < -0.4 is 14.2 Å². The van der Waals surface area contributed by atoms with Gasteiger partial charge >= 0.3 is 0 Å². The second-order valence-corrected chi connectivity index (χ2v) is 8.33. The summed E-state index contributed by atoms with van der Waals surface area (Å²) in [6.45, 7) is 2.04. The van der Waals surface area contributed by atoms with Gasteiger partial charge in [0.1, 0.15) is 18.1 Å². The minimum atomic E-state index is -3.62. The zero-order chi connectivity index (χ0) is 19.3. The van der Waals surface area contributed by atoms with Crippen LogP contribution in [-0.4, -0.2) is 38.9 Å². The molecule has 9 heteroatoms. The van der Waals surface area contributed by atoms with Gasteiger partial charge in [0, 0.05) is 12.6 Å². The molecule has 0 bridgehead atoms. The van der Waals surface area contributed by atoms with Crippen molar-refractivity contribution in [2.75, 3.05) is 20.3 Å². The van der Waals surface area contributed by atoms with E-state index in [1.54, 1.807) is 43.6 Å². The number of benzene rings is 1. The molecule has 0 radical (unpaired) electrons. The van der Waals surface area contributed by atoms with Crippen LogP contribution in [0.2, 0.25) is 0 Å². The van der Waals surface area contributed by atoms with Gasteiger partial charge in [-0.05, 0) is 48.2 Å². The van der Waals surface area contributed by atoms with Gasteiger partial charge in [-0.25, -0.2) is 13.1 Å². The van der Waals surface area contributed by atoms with Crippen LogP contribution in [0.5, 0.6) is 11.6 Å². The van der Waals surface area contributed by atoms with Crippen molar-refractivity contribution in [2.24, 2.45) is 0 Å².